The Morgan fingerprint density at radius 1 is 1.29 bits per heavy atom. The molecule has 0 unspecified atom stereocenters. The largest absolute Gasteiger partial charge is 0.368 e. The molecule has 3 rings (SSSR count). The molecule has 0 aliphatic rings. The van der Waals surface area contributed by atoms with Gasteiger partial charge in [-0.2, -0.15) is 0 Å². The Balaban J connectivity index is 2.09. The third kappa shape index (κ3) is 2.74. The number of nitrogen functional groups attached to an aromatic ring is 1. The van der Waals surface area contributed by atoms with Crippen molar-refractivity contribution in [2.75, 3.05) is 5.73 Å². The van der Waals surface area contributed by atoms with E-state index >= 15 is 0 Å². The predicted molar refractivity (Wildman–Crippen MR) is 85.5 cm³/mol. The molecule has 104 valence electrons. The molecule has 5 nitrogen and oxygen atoms in total. The molecule has 0 aliphatic heterocycles. The fourth-order valence-corrected chi connectivity index (χ4v) is 2.37. The van der Waals surface area contributed by atoms with Crippen molar-refractivity contribution in [1.82, 2.24) is 19.9 Å². The minimum atomic E-state index is 0.296. The molecule has 0 spiro atoms. The normalized spacial score (nSPS) is 11.1. The van der Waals surface area contributed by atoms with Crippen LogP contribution in [0, 0.1) is 0 Å². The van der Waals surface area contributed by atoms with E-state index in [2.05, 4.69) is 26.9 Å². The zero-order valence-corrected chi connectivity index (χ0v) is 11.9. The molecule has 3 N–H and O–H groups in total. The maximum atomic E-state index is 5.84. The van der Waals surface area contributed by atoms with Crippen LogP contribution < -0.4 is 11.2 Å². The summed E-state index contributed by atoms with van der Waals surface area (Å²) in [5.74, 6) is 0.296. The molecule has 0 aliphatic carbocycles. The first-order valence-corrected chi connectivity index (χ1v) is 7.03. The molecule has 0 bridgehead atoms. The zero-order chi connectivity index (χ0) is 14.8. The average molecular weight is 277 g/mol. The molecule has 3 aromatic heterocycles. The number of hydrogen-bond donors (Lipinski definition) is 2. The molecule has 0 atom stereocenters. The zero-order valence-electron chi connectivity index (χ0n) is 11.9. The lowest BCUT2D eigenvalue weighted by Gasteiger charge is -2.05. The molecular formula is C15H16BN5. The van der Waals surface area contributed by atoms with Gasteiger partial charge in [-0.25, -0.2) is 15.0 Å². The van der Waals surface area contributed by atoms with Gasteiger partial charge in [-0.15, -0.1) is 0 Å². The minimum absolute atomic E-state index is 0.296. The van der Waals surface area contributed by atoms with E-state index in [0.29, 0.717) is 11.4 Å². The molecule has 0 saturated carbocycles. The van der Waals surface area contributed by atoms with Crippen molar-refractivity contribution in [3.05, 3.63) is 30.2 Å². The summed E-state index contributed by atoms with van der Waals surface area (Å²) in [5, 5.41) is 0.939. The van der Waals surface area contributed by atoms with Crippen molar-refractivity contribution in [2.45, 2.75) is 26.2 Å². The first kappa shape index (κ1) is 13.6. The maximum absolute atomic E-state index is 5.84. The van der Waals surface area contributed by atoms with Gasteiger partial charge >= 0.3 is 0 Å². The number of aryl methyl sites for hydroxylation is 1. The monoisotopic (exact) mass is 277 g/mol. The Morgan fingerprint density at radius 3 is 2.95 bits per heavy atom. The Labute approximate surface area is 124 Å². The average Bonchev–Trinajstić information content (AvgIpc) is 2.87. The van der Waals surface area contributed by atoms with E-state index in [9.17, 15) is 0 Å². The molecular weight excluding hydrogens is 261 g/mol. The summed E-state index contributed by atoms with van der Waals surface area (Å²) in [7, 11) is 5.82. The maximum Gasteiger partial charge on any atom is 0.220 e. The number of nitrogens with zero attached hydrogens (tertiary/aromatic N) is 3. The summed E-state index contributed by atoms with van der Waals surface area (Å²) < 4.78 is 0. The van der Waals surface area contributed by atoms with Gasteiger partial charge in [-0.05, 0) is 18.9 Å². The molecule has 3 heterocycles. The predicted octanol–water partition coefficient (Wildman–Crippen LogP) is 1.74. The van der Waals surface area contributed by atoms with Gasteiger partial charge in [0.25, 0.3) is 0 Å². The van der Waals surface area contributed by atoms with E-state index in [1.807, 2.05) is 18.3 Å². The molecule has 0 saturated heterocycles. The van der Waals surface area contributed by atoms with Crippen LogP contribution in [0.4, 0.5) is 5.95 Å². The SMILES string of the molecule is [B]c1cnc2[nH]cc(-c3cc(CCCC)nc(N)n3)c2c1. The Bertz CT molecular complexity index is 781. The van der Waals surface area contributed by atoms with Crippen molar-refractivity contribution in [2.24, 2.45) is 0 Å². The lowest BCUT2D eigenvalue weighted by atomic mass is 9.97. The van der Waals surface area contributed by atoms with Gasteiger partial charge in [0.2, 0.25) is 5.95 Å². The van der Waals surface area contributed by atoms with Gasteiger partial charge in [0.1, 0.15) is 13.5 Å². The highest BCUT2D eigenvalue weighted by atomic mass is 15.0. The van der Waals surface area contributed by atoms with Crippen LogP contribution in [0.2, 0.25) is 0 Å². The second-order valence-corrected chi connectivity index (χ2v) is 5.07. The third-order valence-electron chi connectivity index (χ3n) is 3.41. The summed E-state index contributed by atoms with van der Waals surface area (Å²) in [6.45, 7) is 2.15. The van der Waals surface area contributed by atoms with Crippen molar-refractivity contribution in [3.63, 3.8) is 0 Å². The van der Waals surface area contributed by atoms with Crippen LogP contribution in [0.25, 0.3) is 22.3 Å². The van der Waals surface area contributed by atoms with Crippen LogP contribution >= 0.6 is 0 Å². The summed E-state index contributed by atoms with van der Waals surface area (Å²) in [5.41, 5.74) is 9.95. The van der Waals surface area contributed by atoms with Gasteiger partial charge in [-0.1, -0.05) is 24.9 Å². The van der Waals surface area contributed by atoms with Crippen LogP contribution in [-0.2, 0) is 6.42 Å². The standard InChI is InChI=1S/C15H16BN5/c1-2-3-4-10-6-13(21-15(17)20-10)12-8-19-14-11(12)5-9(16)7-18-14/h5-8H,2-4H2,1H3,(H,18,19)(H2,17,20,21). The number of hydrogen-bond acceptors (Lipinski definition) is 4. The molecule has 2 radical (unpaired) electrons. The number of fused-ring (bicyclic) bond motifs is 1. The number of aromatic amines is 1. The molecule has 0 aromatic carbocycles. The third-order valence-corrected chi connectivity index (χ3v) is 3.41. The number of aromatic nitrogens is 4. The number of anilines is 1. The number of pyridine rings is 1. The van der Waals surface area contributed by atoms with E-state index < -0.39 is 0 Å². The summed E-state index contributed by atoms with van der Waals surface area (Å²) in [6, 6.07) is 3.87. The first-order valence-electron chi connectivity index (χ1n) is 7.03. The number of nitrogens with two attached hydrogens (primary N) is 1. The molecule has 3 aromatic rings. The number of unbranched alkanes of at least 4 members (excludes halogenated alkanes) is 1. The Morgan fingerprint density at radius 2 is 2.14 bits per heavy atom. The minimum Gasteiger partial charge on any atom is -0.368 e. The number of rotatable bonds is 4. The highest BCUT2D eigenvalue weighted by Gasteiger charge is 2.11. The van der Waals surface area contributed by atoms with Crippen molar-refractivity contribution in [1.29, 1.82) is 0 Å². The second-order valence-electron chi connectivity index (χ2n) is 5.07. The summed E-state index contributed by atoms with van der Waals surface area (Å²) in [4.78, 5) is 16.0. The van der Waals surface area contributed by atoms with E-state index in [4.69, 9.17) is 13.6 Å². The quantitative estimate of drug-likeness (QED) is 0.712. The smallest absolute Gasteiger partial charge is 0.220 e. The first-order chi connectivity index (χ1) is 10.2. The molecule has 21 heavy (non-hydrogen) atoms. The van der Waals surface area contributed by atoms with E-state index in [0.717, 1.165) is 47.2 Å². The number of nitrogens with one attached hydrogen (secondary N) is 1. The van der Waals surface area contributed by atoms with E-state index in [-0.39, 0.29) is 0 Å². The van der Waals surface area contributed by atoms with Gasteiger partial charge in [0, 0.05) is 29.0 Å². The summed E-state index contributed by atoms with van der Waals surface area (Å²) in [6.07, 6.45) is 6.61. The van der Waals surface area contributed by atoms with Crippen molar-refractivity contribution in [3.8, 4) is 11.3 Å². The lowest BCUT2D eigenvalue weighted by molar-refractivity contribution is 0.775. The van der Waals surface area contributed by atoms with Crippen LogP contribution in [0.5, 0.6) is 0 Å². The van der Waals surface area contributed by atoms with Gasteiger partial charge < -0.3 is 10.7 Å². The van der Waals surface area contributed by atoms with E-state index in [1.165, 1.54) is 0 Å². The van der Waals surface area contributed by atoms with Crippen molar-refractivity contribution >= 4 is 30.3 Å². The fraction of sp³-hybridized carbons (Fsp3) is 0.267. The van der Waals surface area contributed by atoms with Gasteiger partial charge in [0.15, 0.2) is 0 Å². The summed E-state index contributed by atoms with van der Waals surface area (Å²) >= 11 is 0. The van der Waals surface area contributed by atoms with Crippen LogP contribution in [0.3, 0.4) is 0 Å². The second kappa shape index (κ2) is 5.56. The van der Waals surface area contributed by atoms with Crippen LogP contribution in [0.1, 0.15) is 25.5 Å². The Kier molecular flexibility index (Phi) is 3.60. The Hall–Kier alpha value is -2.37. The highest BCUT2D eigenvalue weighted by Crippen LogP contribution is 2.26. The lowest BCUT2D eigenvalue weighted by Crippen LogP contribution is -2.03. The topological polar surface area (TPSA) is 80.5 Å². The molecule has 0 amide bonds. The highest BCUT2D eigenvalue weighted by molar-refractivity contribution is 6.33. The van der Waals surface area contributed by atoms with Gasteiger partial charge in [-0.3, -0.25) is 0 Å². The van der Waals surface area contributed by atoms with E-state index in [1.54, 1.807) is 6.20 Å². The van der Waals surface area contributed by atoms with Gasteiger partial charge in [0.05, 0.1) is 5.69 Å². The number of H-pyrrole nitrogens is 1. The van der Waals surface area contributed by atoms with Crippen molar-refractivity contribution < 1.29 is 0 Å². The molecule has 6 heteroatoms. The van der Waals surface area contributed by atoms with Crippen LogP contribution in [0.15, 0.2) is 24.5 Å². The fourth-order valence-electron chi connectivity index (χ4n) is 2.37. The molecule has 0 fully saturated rings. The van der Waals surface area contributed by atoms with Crippen LogP contribution in [-0.4, -0.2) is 27.8 Å².